The minimum absolute atomic E-state index is 0.105. The Kier molecular flexibility index (Phi) is 5.61. The Morgan fingerprint density at radius 3 is 2.29 bits per heavy atom. The van der Waals surface area contributed by atoms with E-state index in [1.165, 1.54) is 27.4 Å². The fourth-order valence-electron chi connectivity index (χ4n) is 2.07. The average Bonchev–Trinajstić information content (AvgIpc) is 2.57. The molecule has 0 aliphatic rings. The molecule has 1 N–H and O–H groups in total. The van der Waals surface area contributed by atoms with Gasteiger partial charge in [-0.2, -0.15) is 0 Å². The van der Waals surface area contributed by atoms with E-state index < -0.39 is 17.5 Å². The summed E-state index contributed by atoms with van der Waals surface area (Å²) in [6.45, 7) is 0. The lowest BCUT2D eigenvalue weighted by Gasteiger charge is -2.16. The van der Waals surface area contributed by atoms with E-state index in [2.05, 4.69) is 21.2 Å². The highest BCUT2D eigenvalue weighted by Crippen LogP contribution is 2.44. The third-order valence-electron chi connectivity index (χ3n) is 3.19. The summed E-state index contributed by atoms with van der Waals surface area (Å²) < 4.78 is 42.8. The van der Waals surface area contributed by atoms with Crippen LogP contribution in [0.3, 0.4) is 0 Å². The Bertz CT molecular complexity index is 783. The molecule has 5 nitrogen and oxygen atoms in total. The van der Waals surface area contributed by atoms with Gasteiger partial charge in [-0.1, -0.05) is 0 Å². The SMILES string of the molecule is COc1cc(C(=O)Nc2cc(F)ccc2F)c(Br)c(OC)c1OC. The molecule has 2 rings (SSSR count). The van der Waals surface area contributed by atoms with Gasteiger partial charge in [-0.3, -0.25) is 4.79 Å². The number of ether oxygens (including phenoxy) is 3. The van der Waals surface area contributed by atoms with Crippen LogP contribution in [0.2, 0.25) is 0 Å². The molecule has 0 aromatic heterocycles. The topological polar surface area (TPSA) is 56.8 Å². The molecule has 0 unspecified atom stereocenters. The van der Waals surface area contributed by atoms with Crippen molar-refractivity contribution in [2.45, 2.75) is 0 Å². The van der Waals surface area contributed by atoms with E-state index in [1.54, 1.807) is 0 Å². The van der Waals surface area contributed by atoms with Gasteiger partial charge in [0, 0.05) is 6.07 Å². The third-order valence-corrected chi connectivity index (χ3v) is 3.98. The number of anilines is 1. The highest BCUT2D eigenvalue weighted by Gasteiger charge is 2.23. The van der Waals surface area contributed by atoms with E-state index in [-0.39, 0.29) is 27.2 Å². The van der Waals surface area contributed by atoms with Gasteiger partial charge in [0.15, 0.2) is 11.5 Å². The molecule has 128 valence electrons. The standard InChI is InChI=1S/C16H14BrF2NO4/c1-22-12-7-9(13(17)15(24-3)14(12)23-2)16(21)20-11-6-8(18)4-5-10(11)19/h4-7H,1-3H3,(H,20,21). The highest BCUT2D eigenvalue weighted by atomic mass is 79.9. The van der Waals surface area contributed by atoms with Crippen LogP contribution in [0.4, 0.5) is 14.5 Å². The monoisotopic (exact) mass is 401 g/mol. The van der Waals surface area contributed by atoms with E-state index in [4.69, 9.17) is 14.2 Å². The molecule has 0 spiro atoms. The maximum absolute atomic E-state index is 13.7. The van der Waals surface area contributed by atoms with E-state index >= 15 is 0 Å². The minimum Gasteiger partial charge on any atom is -0.493 e. The Labute approximate surface area is 145 Å². The number of carbonyl (C=O) groups excluding carboxylic acids is 1. The molecular weight excluding hydrogens is 388 g/mol. The normalized spacial score (nSPS) is 10.2. The van der Waals surface area contributed by atoms with E-state index in [1.807, 2.05) is 0 Å². The Morgan fingerprint density at radius 1 is 1.04 bits per heavy atom. The number of carbonyl (C=O) groups is 1. The zero-order valence-electron chi connectivity index (χ0n) is 13.1. The van der Waals surface area contributed by atoms with Crippen molar-refractivity contribution in [3.8, 4) is 17.2 Å². The molecule has 2 aromatic carbocycles. The molecular formula is C16H14BrF2NO4. The quantitative estimate of drug-likeness (QED) is 0.822. The summed E-state index contributed by atoms with van der Waals surface area (Å²) in [4.78, 5) is 12.5. The van der Waals surface area contributed by atoms with Gasteiger partial charge in [-0.05, 0) is 34.1 Å². The molecule has 0 radical (unpaired) electrons. The molecule has 0 atom stereocenters. The van der Waals surface area contributed by atoms with Crippen LogP contribution in [-0.2, 0) is 0 Å². The zero-order valence-corrected chi connectivity index (χ0v) is 14.7. The lowest BCUT2D eigenvalue weighted by molar-refractivity contribution is 0.102. The maximum atomic E-state index is 13.7. The number of nitrogens with one attached hydrogen (secondary N) is 1. The molecule has 1 amide bonds. The number of hydrogen-bond donors (Lipinski definition) is 1. The van der Waals surface area contributed by atoms with E-state index in [9.17, 15) is 13.6 Å². The van der Waals surface area contributed by atoms with E-state index in [0.29, 0.717) is 5.75 Å². The molecule has 8 heteroatoms. The zero-order chi connectivity index (χ0) is 17.9. The Balaban J connectivity index is 2.47. The van der Waals surface area contributed by atoms with Crippen LogP contribution >= 0.6 is 15.9 Å². The van der Waals surface area contributed by atoms with Crippen molar-refractivity contribution in [3.05, 3.63) is 45.9 Å². The van der Waals surface area contributed by atoms with Gasteiger partial charge >= 0.3 is 0 Å². The van der Waals surface area contributed by atoms with Crippen LogP contribution in [0.15, 0.2) is 28.7 Å². The predicted octanol–water partition coefficient (Wildman–Crippen LogP) is 4.01. The largest absolute Gasteiger partial charge is 0.493 e. The van der Waals surface area contributed by atoms with Gasteiger partial charge in [-0.15, -0.1) is 0 Å². The number of benzene rings is 2. The van der Waals surface area contributed by atoms with Crippen LogP contribution in [0.5, 0.6) is 17.2 Å². The Morgan fingerprint density at radius 2 is 1.71 bits per heavy atom. The van der Waals surface area contributed by atoms with Crippen molar-refractivity contribution in [2.24, 2.45) is 0 Å². The second-order valence-electron chi connectivity index (χ2n) is 4.59. The first-order chi connectivity index (χ1) is 11.4. The summed E-state index contributed by atoms with van der Waals surface area (Å²) in [6.07, 6.45) is 0. The van der Waals surface area contributed by atoms with Crippen LogP contribution < -0.4 is 19.5 Å². The first-order valence-electron chi connectivity index (χ1n) is 6.67. The van der Waals surface area contributed by atoms with Crippen LogP contribution in [0.1, 0.15) is 10.4 Å². The van der Waals surface area contributed by atoms with Crippen LogP contribution in [0, 0.1) is 11.6 Å². The molecule has 0 saturated heterocycles. The van der Waals surface area contributed by atoms with Gasteiger partial charge in [0.2, 0.25) is 5.75 Å². The summed E-state index contributed by atoms with van der Waals surface area (Å²) in [6, 6.07) is 4.17. The first kappa shape index (κ1) is 18.0. The van der Waals surface area contributed by atoms with Gasteiger partial charge in [0.05, 0.1) is 37.1 Å². The maximum Gasteiger partial charge on any atom is 0.257 e. The molecule has 0 heterocycles. The second kappa shape index (κ2) is 7.48. The summed E-state index contributed by atoms with van der Waals surface area (Å²) >= 11 is 3.25. The molecule has 0 bridgehead atoms. The Hall–Kier alpha value is -2.35. The molecule has 0 fully saturated rings. The highest BCUT2D eigenvalue weighted by molar-refractivity contribution is 9.10. The molecule has 24 heavy (non-hydrogen) atoms. The lowest BCUT2D eigenvalue weighted by Crippen LogP contribution is -2.15. The van der Waals surface area contributed by atoms with Crippen molar-refractivity contribution < 1.29 is 27.8 Å². The van der Waals surface area contributed by atoms with Crippen LogP contribution in [0.25, 0.3) is 0 Å². The van der Waals surface area contributed by atoms with Gasteiger partial charge in [0.1, 0.15) is 11.6 Å². The molecule has 0 saturated carbocycles. The number of halogens is 3. The predicted molar refractivity (Wildman–Crippen MR) is 88.1 cm³/mol. The van der Waals surface area contributed by atoms with Crippen LogP contribution in [-0.4, -0.2) is 27.2 Å². The first-order valence-corrected chi connectivity index (χ1v) is 7.47. The van der Waals surface area contributed by atoms with Crippen molar-refractivity contribution >= 4 is 27.5 Å². The second-order valence-corrected chi connectivity index (χ2v) is 5.38. The van der Waals surface area contributed by atoms with Crippen molar-refractivity contribution in [1.29, 1.82) is 0 Å². The smallest absolute Gasteiger partial charge is 0.257 e. The van der Waals surface area contributed by atoms with Gasteiger partial charge in [-0.25, -0.2) is 8.78 Å². The molecule has 0 aliphatic heterocycles. The lowest BCUT2D eigenvalue weighted by atomic mass is 10.1. The fraction of sp³-hybridized carbons (Fsp3) is 0.188. The summed E-state index contributed by atoms with van der Waals surface area (Å²) in [5.74, 6) is -1.32. The third kappa shape index (κ3) is 3.43. The summed E-state index contributed by atoms with van der Waals surface area (Å²) in [7, 11) is 4.23. The van der Waals surface area contributed by atoms with Gasteiger partial charge < -0.3 is 19.5 Å². The number of rotatable bonds is 5. The van der Waals surface area contributed by atoms with Crippen molar-refractivity contribution in [2.75, 3.05) is 26.6 Å². The molecule has 0 aliphatic carbocycles. The van der Waals surface area contributed by atoms with Crippen molar-refractivity contribution in [1.82, 2.24) is 0 Å². The minimum atomic E-state index is -0.756. The summed E-state index contributed by atoms with van der Waals surface area (Å²) in [5, 5.41) is 2.31. The number of methoxy groups -OCH3 is 3. The van der Waals surface area contributed by atoms with E-state index in [0.717, 1.165) is 18.2 Å². The number of hydrogen-bond acceptors (Lipinski definition) is 4. The average molecular weight is 402 g/mol. The summed E-state index contributed by atoms with van der Waals surface area (Å²) in [5.41, 5.74) is -0.172. The van der Waals surface area contributed by atoms with Gasteiger partial charge in [0.25, 0.3) is 5.91 Å². The fourth-order valence-corrected chi connectivity index (χ4v) is 2.71. The molecule has 2 aromatic rings. The van der Waals surface area contributed by atoms with Crippen molar-refractivity contribution in [3.63, 3.8) is 0 Å². The number of amides is 1.